The number of nitrogens with one attached hydrogen (secondary N) is 1. The standard InChI is InChI=1S/C29H38N3O5PS/c1-8-32(39(7)36)19-14-15-22-23(18-19)38(35,37-9-2)31-27(30-22)24-25(33)20-12-10-11-13-21(20)29(6,26(24)34)17-16-28(3,4)5/h10-15,18,33H,8-9,16-17H2,1-7H3,(H,30,31,35). The molecule has 3 unspecified atom stereocenters. The second-order valence-electron chi connectivity index (χ2n) is 11.3. The molecular weight excluding hydrogens is 533 g/mol. The molecule has 4 rings (SSSR count). The predicted molar refractivity (Wildman–Crippen MR) is 160 cm³/mol. The number of hydrogen-bond acceptors (Lipinski definition) is 6. The van der Waals surface area contributed by atoms with Crippen LogP contribution in [0.4, 0.5) is 11.4 Å². The van der Waals surface area contributed by atoms with E-state index in [0.29, 0.717) is 35.2 Å². The smallest absolute Gasteiger partial charge is 0.348 e. The fourth-order valence-electron chi connectivity index (χ4n) is 5.16. The van der Waals surface area contributed by atoms with Crippen molar-refractivity contribution >= 4 is 52.6 Å². The number of aliphatic hydroxyl groups is 1. The quantitative estimate of drug-likeness (QED) is 0.370. The van der Waals surface area contributed by atoms with Crippen molar-refractivity contribution in [2.45, 2.75) is 59.8 Å². The SMILES string of the molecule is CCOP1(=O)N=C(C2=C(O)c3ccccc3C(C)(CCC(C)(C)C)C2=O)Nc2ccc(N(CC)S(C)=O)cc21. The lowest BCUT2D eigenvalue weighted by molar-refractivity contribution is -0.120. The van der Waals surface area contributed by atoms with Crippen LogP contribution in [0.2, 0.25) is 0 Å². The van der Waals surface area contributed by atoms with E-state index in [1.54, 1.807) is 41.8 Å². The second kappa shape index (κ2) is 10.7. The highest BCUT2D eigenvalue weighted by Crippen LogP contribution is 2.54. The lowest BCUT2D eigenvalue weighted by Crippen LogP contribution is -2.43. The third-order valence-electron chi connectivity index (χ3n) is 7.31. The van der Waals surface area contributed by atoms with Gasteiger partial charge in [-0.25, -0.2) is 4.21 Å². The fourth-order valence-corrected chi connectivity index (χ4v) is 7.73. The molecule has 0 bridgehead atoms. The van der Waals surface area contributed by atoms with Gasteiger partial charge in [0, 0.05) is 18.4 Å². The maximum absolute atomic E-state index is 14.3. The molecule has 10 heteroatoms. The first-order valence-corrected chi connectivity index (χ1v) is 16.3. The fraction of sp³-hybridized carbons (Fsp3) is 0.448. The summed E-state index contributed by atoms with van der Waals surface area (Å²) in [5.74, 6) is -0.454. The molecule has 1 aliphatic heterocycles. The van der Waals surface area contributed by atoms with Gasteiger partial charge in [0.25, 0.3) is 0 Å². The van der Waals surface area contributed by atoms with Gasteiger partial charge >= 0.3 is 7.52 Å². The Bertz CT molecular complexity index is 1440. The Morgan fingerprint density at radius 2 is 1.87 bits per heavy atom. The number of amidine groups is 1. The summed E-state index contributed by atoms with van der Waals surface area (Å²) < 4.78 is 38.4. The maximum atomic E-state index is 14.3. The van der Waals surface area contributed by atoms with Crippen LogP contribution in [0, 0.1) is 5.41 Å². The van der Waals surface area contributed by atoms with Crippen LogP contribution < -0.4 is 14.9 Å². The minimum Gasteiger partial charge on any atom is -0.506 e. The van der Waals surface area contributed by atoms with Crippen molar-refractivity contribution in [2.75, 3.05) is 29.0 Å². The van der Waals surface area contributed by atoms with E-state index in [9.17, 15) is 18.7 Å². The van der Waals surface area contributed by atoms with Crippen LogP contribution >= 0.6 is 7.52 Å². The van der Waals surface area contributed by atoms with E-state index in [2.05, 4.69) is 30.9 Å². The molecule has 0 spiro atoms. The number of anilines is 2. The molecule has 3 atom stereocenters. The average Bonchev–Trinajstić information content (AvgIpc) is 2.87. The molecule has 1 heterocycles. The van der Waals surface area contributed by atoms with Gasteiger partial charge < -0.3 is 14.9 Å². The molecule has 210 valence electrons. The molecule has 0 amide bonds. The summed E-state index contributed by atoms with van der Waals surface area (Å²) in [4.78, 5) is 14.3. The highest BCUT2D eigenvalue weighted by Gasteiger charge is 2.47. The molecular formula is C29H38N3O5PS. The zero-order valence-electron chi connectivity index (χ0n) is 23.7. The number of hydrogen-bond donors (Lipinski definition) is 2. The lowest BCUT2D eigenvalue weighted by atomic mass is 9.65. The Labute approximate surface area is 233 Å². The molecule has 0 saturated carbocycles. The van der Waals surface area contributed by atoms with E-state index in [1.165, 1.54) is 0 Å². The number of nitrogens with zero attached hydrogens (tertiary/aromatic N) is 2. The number of carbonyl (C=O) groups is 1. The third-order valence-corrected chi connectivity index (χ3v) is 10.5. The summed E-state index contributed by atoms with van der Waals surface area (Å²) in [7, 11) is -5.13. The van der Waals surface area contributed by atoms with Crippen molar-refractivity contribution in [3.8, 4) is 0 Å². The van der Waals surface area contributed by atoms with E-state index in [0.717, 1.165) is 12.0 Å². The minimum atomic E-state index is -3.85. The molecule has 2 aromatic rings. The van der Waals surface area contributed by atoms with E-state index in [4.69, 9.17) is 4.52 Å². The third kappa shape index (κ3) is 5.37. The van der Waals surface area contributed by atoms with Crippen LogP contribution in [0.15, 0.2) is 52.8 Å². The van der Waals surface area contributed by atoms with Crippen LogP contribution in [0.1, 0.15) is 65.5 Å². The Morgan fingerprint density at radius 1 is 1.18 bits per heavy atom. The van der Waals surface area contributed by atoms with Crippen LogP contribution in [0.25, 0.3) is 5.76 Å². The number of benzene rings is 2. The summed E-state index contributed by atoms with van der Waals surface area (Å²) >= 11 is 0. The maximum Gasteiger partial charge on any atom is 0.348 e. The summed E-state index contributed by atoms with van der Waals surface area (Å²) in [5.41, 5.74) is 1.50. The minimum absolute atomic E-state index is 0.00193. The number of rotatable bonds is 8. The molecule has 0 saturated heterocycles. The van der Waals surface area contributed by atoms with Gasteiger partial charge in [-0.3, -0.25) is 13.7 Å². The van der Waals surface area contributed by atoms with Gasteiger partial charge in [-0.05, 0) is 62.8 Å². The zero-order chi connectivity index (χ0) is 28.8. The van der Waals surface area contributed by atoms with E-state index >= 15 is 0 Å². The number of aliphatic hydroxyl groups excluding tert-OH is 1. The number of fused-ring (bicyclic) bond motifs is 2. The van der Waals surface area contributed by atoms with Gasteiger partial charge in [-0.1, -0.05) is 45.0 Å². The first-order chi connectivity index (χ1) is 18.3. The van der Waals surface area contributed by atoms with Crippen molar-refractivity contribution in [3.05, 3.63) is 59.2 Å². The average molecular weight is 572 g/mol. The highest BCUT2D eigenvalue weighted by atomic mass is 32.2. The van der Waals surface area contributed by atoms with E-state index in [-0.39, 0.29) is 35.0 Å². The van der Waals surface area contributed by atoms with Crippen LogP contribution in [0.5, 0.6) is 0 Å². The zero-order valence-corrected chi connectivity index (χ0v) is 25.4. The second-order valence-corrected chi connectivity index (χ2v) is 14.6. The first kappa shape index (κ1) is 29.2. The van der Waals surface area contributed by atoms with Crippen molar-refractivity contribution in [1.29, 1.82) is 0 Å². The monoisotopic (exact) mass is 571 g/mol. The van der Waals surface area contributed by atoms with Gasteiger partial charge in [0.15, 0.2) is 5.78 Å². The summed E-state index contributed by atoms with van der Waals surface area (Å²) in [6.07, 6.45) is 2.94. The van der Waals surface area contributed by atoms with E-state index in [1.807, 2.05) is 32.0 Å². The Hall–Kier alpha value is -2.74. The Morgan fingerprint density at radius 3 is 2.49 bits per heavy atom. The Balaban J connectivity index is 1.88. The van der Waals surface area contributed by atoms with Crippen LogP contribution in [-0.4, -0.2) is 40.3 Å². The Kier molecular flexibility index (Phi) is 8.01. The summed E-state index contributed by atoms with van der Waals surface area (Å²) in [6, 6.07) is 12.5. The lowest BCUT2D eigenvalue weighted by Gasteiger charge is -2.38. The molecule has 39 heavy (non-hydrogen) atoms. The van der Waals surface area contributed by atoms with Gasteiger partial charge in [0.1, 0.15) is 28.2 Å². The van der Waals surface area contributed by atoms with Crippen molar-refractivity contribution in [3.63, 3.8) is 0 Å². The first-order valence-electron chi connectivity index (χ1n) is 13.2. The van der Waals surface area contributed by atoms with Crippen molar-refractivity contribution < 1.29 is 23.2 Å². The highest BCUT2D eigenvalue weighted by molar-refractivity contribution is 7.85. The predicted octanol–water partition coefficient (Wildman–Crippen LogP) is 6.12. The molecule has 0 fully saturated rings. The van der Waals surface area contributed by atoms with Crippen LogP contribution in [-0.2, 0) is 30.3 Å². The normalized spacial score (nSPS) is 23.5. The molecule has 0 radical (unpaired) electrons. The molecule has 0 aromatic heterocycles. The van der Waals surface area contributed by atoms with Gasteiger partial charge in [-0.15, -0.1) is 0 Å². The topological polar surface area (TPSA) is 108 Å². The molecule has 2 aromatic carbocycles. The van der Waals surface area contributed by atoms with E-state index < -0.39 is 23.9 Å². The molecule has 2 aliphatic rings. The number of Topliss-reactive ketones (excluding diaryl/α,β-unsaturated/α-hetero) is 1. The van der Waals surface area contributed by atoms with Gasteiger partial charge in [0.2, 0.25) is 0 Å². The molecule has 2 N–H and O–H groups in total. The number of ketones is 1. The summed E-state index contributed by atoms with van der Waals surface area (Å²) in [5, 5.41) is 14.9. The van der Waals surface area contributed by atoms with Gasteiger partial charge in [0.05, 0.1) is 28.7 Å². The molecule has 8 nitrogen and oxygen atoms in total. The molecule has 1 aliphatic carbocycles. The van der Waals surface area contributed by atoms with Crippen LogP contribution in [0.3, 0.4) is 0 Å². The number of carbonyl (C=O) groups excluding carboxylic acids is 1. The van der Waals surface area contributed by atoms with Crippen molar-refractivity contribution in [2.24, 2.45) is 10.2 Å². The van der Waals surface area contributed by atoms with Crippen molar-refractivity contribution in [1.82, 2.24) is 0 Å². The largest absolute Gasteiger partial charge is 0.506 e. The summed E-state index contributed by atoms with van der Waals surface area (Å²) in [6.45, 7) is 12.5. The van der Waals surface area contributed by atoms with Gasteiger partial charge in [-0.2, -0.15) is 4.76 Å².